The second-order valence-corrected chi connectivity index (χ2v) is 11.3. The molecule has 1 fully saturated rings. The number of rotatable bonds is 5. The standard InChI is InChI=1S/C20H17Br2F2N3O3S2/c1-30-16-5-3-2-4-12(16)15-11-31-20(25-15)26-6-8-27(9-7-26)32(28,29)19-17(22)14(23)10-13(21)18(19)24/h2-5,10-11H,6-9H2,1H3. The van der Waals surface area contributed by atoms with E-state index in [1.807, 2.05) is 34.5 Å². The van der Waals surface area contributed by atoms with Crippen LogP contribution in [0.15, 0.2) is 49.6 Å². The highest BCUT2D eigenvalue weighted by molar-refractivity contribution is 9.11. The molecule has 1 saturated heterocycles. The van der Waals surface area contributed by atoms with E-state index < -0.39 is 31.0 Å². The van der Waals surface area contributed by atoms with Crippen molar-refractivity contribution in [3.8, 4) is 17.0 Å². The first-order valence-corrected chi connectivity index (χ1v) is 13.3. The molecule has 0 N–H and O–H groups in total. The third kappa shape index (κ3) is 4.30. The molecule has 0 aliphatic carbocycles. The summed E-state index contributed by atoms with van der Waals surface area (Å²) in [6.45, 7) is 0.972. The first-order chi connectivity index (χ1) is 15.2. The van der Waals surface area contributed by atoms with Crippen molar-refractivity contribution in [3.63, 3.8) is 0 Å². The molecule has 170 valence electrons. The number of para-hydroxylation sites is 1. The number of aromatic nitrogens is 1. The number of methoxy groups -OCH3 is 1. The Morgan fingerprint density at radius 3 is 2.50 bits per heavy atom. The molecule has 0 bridgehead atoms. The summed E-state index contributed by atoms with van der Waals surface area (Å²) in [6.07, 6.45) is 0. The Labute approximate surface area is 205 Å². The molecule has 0 atom stereocenters. The van der Waals surface area contributed by atoms with Gasteiger partial charge in [0, 0.05) is 37.1 Å². The van der Waals surface area contributed by atoms with Gasteiger partial charge in [-0.1, -0.05) is 12.1 Å². The van der Waals surface area contributed by atoms with Crippen LogP contribution < -0.4 is 9.64 Å². The molecule has 0 amide bonds. The molecule has 4 rings (SSSR count). The van der Waals surface area contributed by atoms with Gasteiger partial charge >= 0.3 is 0 Å². The van der Waals surface area contributed by atoms with Crippen LogP contribution >= 0.6 is 43.2 Å². The monoisotopic (exact) mass is 607 g/mol. The van der Waals surface area contributed by atoms with E-state index in [0.717, 1.165) is 26.8 Å². The van der Waals surface area contributed by atoms with Gasteiger partial charge in [0.05, 0.1) is 21.7 Å². The van der Waals surface area contributed by atoms with Crippen LogP contribution in [-0.2, 0) is 10.0 Å². The lowest BCUT2D eigenvalue weighted by Crippen LogP contribution is -2.48. The van der Waals surface area contributed by atoms with Crippen LogP contribution in [0.4, 0.5) is 13.9 Å². The molecule has 0 saturated carbocycles. The van der Waals surface area contributed by atoms with Crippen molar-refractivity contribution in [1.82, 2.24) is 9.29 Å². The van der Waals surface area contributed by atoms with Crippen LogP contribution in [0.5, 0.6) is 5.75 Å². The van der Waals surface area contributed by atoms with Crippen molar-refractivity contribution in [2.24, 2.45) is 0 Å². The quantitative estimate of drug-likeness (QED) is 0.376. The Bertz CT molecular complexity index is 1240. The predicted molar refractivity (Wildman–Crippen MR) is 127 cm³/mol. The smallest absolute Gasteiger partial charge is 0.247 e. The van der Waals surface area contributed by atoms with Crippen molar-refractivity contribution in [2.75, 3.05) is 38.2 Å². The van der Waals surface area contributed by atoms with Gasteiger partial charge in [-0.3, -0.25) is 0 Å². The van der Waals surface area contributed by atoms with Gasteiger partial charge in [0.2, 0.25) is 10.0 Å². The fourth-order valence-corrected chi connectivity index (χ4v) is 7.29. The minimum absolute atomic E-state index is 0.117. The lowest BCUT2D eigenvalue weighted by Gasteiger charge is -2.34. The summed E-state index contributed by atoms with van der Waals surface area (Å²) in [5.74, 6) is -1.17. The number of hydrogen-bond donors (Lipinski definition) is 0. The highest BCUT2D eigenvalue weighted by Crippen LogP contribution is 2.36. The van der Waals surface area contributed by atoms with Gasteiger partial charge in [-0.15, -0.1) is 11.3 Å². The zero-order chi connectivity index (χ0) is 23.0. The predicted octanol–water partition coefficient (Wildman–Crippen LogP) is 5.13. The summed E-state index contributed by atoms with van der Waals surface area (Å²) >= 11 is 7.21. The third-order valence-electron chi connectivity index (χ3n) is 5.05. The minimum Gasteiger partial charge on any atom is -0.496 e. The molecule has 6 nitrogen and oxygen atoms in total. The fraction of sp³-hybridized carbons (Fsp3) is 0.250. The summed E-state index contributed by atoms with van der Waals surface area (Å²) in [6, 6.07) is 8.46. The SMILES string of the molecule is COc1ccccc1-c1csc(N2CCN(S(=O)(=O)c3c(F)c(Br)cc(F)c3Br)CC2)n1. The molecule has 32 heavy (non-hydrogen) atoms. The Kier molecular flexibility index (Phi) is 6.87. The third-order valence-corrected chi connectivity index (χ3v) is 9.51. The van der Waals surface area contributed by atoms with Crippen LogP contribution in [0.3, 0.4) is 0 Å². The van der Waals surface area contributed by atoms with Crippen molar-refractivity contribution >= 4 is 58.4 Å². The van der Waals surface area contributed by atoms with Gasteiger partial charge in [0.1, 0.15) is 16.5 Å². The van der Waals surface area contributed by atoms with E-state index in [0.29, 0.717) is 18.8 Å². The number of piperazine rings is 1. The second-order valence-electron chi connectivity index (χ2n) is 6.90. The molecule has 1 aliphatic heterocycles. The number of hydrogen-bond acceptors (Lipinski definition) is 6. The van der Waals surface area contributed by atoms with Gasteiger partial charge in [0.15, 0.2) is 10.9 Å². The van der Waals surface area contributed by atoms with Gasteiger partial charge < -0.3 is 9.64 Å². The van der Waals surface area contributed by atoms with Gasteiger partial charge in [-0.2, -0.15) is 4.31 Å². The van der Waals surface area contributed by atoms with E-state index in [4.69, 9.17) is 4.74 Å². The van der Waals surface area contributed by atoms with E-state index in [1.165, 1.54) is 11.3 Å². The molecular formula is C20H17Br2F2N3O3S2. The molecule has 1 aromatic heterocycles. The first kappa shape index (κ1) is 23.6. The number of halogens is 4. The molecule has 0 radical (unpaired) electrons. The number of anilines is 1. The summed E-state index contributed by atoms with van der Waals surface area (Å²) in [5, 5.41) is 2.68. The molecule has 0 unspecified atom stereocenters. The van der Waals surface area contributed by atoms with Crippen LogP contribution in [0.2, 0.25) is 0 Å². The summed E-state index contributed by atoms with van der Waals surface area (Å²) in [4.78, 5) is 5.95. The number of benzene rings is 2. The van der Waals surface area contributed by atoms with Crippen LogP contribution in [0, 0.1) is 11.6 Å². The van der Waals surface area contributed by atoms with Crippen molar-refractivity contribution in [1.29, 1.82) is 0 Å². The molecule has 2 aromatic carbocycles. The first-order valence-electron chi connectivity index (χ1n) is 9.41. The van der Waals surface area contributed by atoms with E-state index in [9.17, 15) is 17.2 Å². The zero-order valence-electron chi connectivity index (χ0n) is 16.7. The largest absolute Gasteiger partial charge is 0.496 e. The van der Waals surface area contributed by atoms with Crippen LogP contribution in [0.25, 0.3) is 11.3 Å². The topological polar surface area (TPSA) is 62.7 Å². The molecule has 12 heteroatoms. The highest BCUT2D eigenvalue weighted by atomic mass is 79.9. The lowest BCUT2D eigenvalue weighted by atomic mass is 10.1. The highest BCUT2D eigenvalue weighted by Gasteiger charge is 2.35. The zero-order valence-corrected chi connectivity index (χ0v) is 21.5. The maximum absolute atomic E-state index is 14.6. The van der Waals surface area contributed by atoms with Crippen molar-refractivity contribution in [3.05, 3.63) is 56.3 Å². The van der Waals surface area contributed by atoms with Gasteiger partial charge in [0.25, 0.3) is 0 Å². The maximum atomic E-state index is 14.6. The summed E-state index contributed by atoms with van der Waals surface area (Å²) in [5.41, 5.74) is 1.64. The Hall–Kier alpha value is -1.60. The number of thiazole rings is 1. The van der Waals surface area contributed by atoms with Gasteiger partial charge in [-0.25, -0.2) is 22.2 Å². The van der Waals surface area contributed by atoms with E-state index in [-0.39, 0.29) is 17.6 Å². The fourth-order valence-electron chi connectivity index (χ4n) is 3.42. The Morgan fingerprint density at radius 1 is 1.12 bits per heavy atom. The number of ether oxygens (including phenoxy) is 1. The van der Waals surface area contributed by atoms with Crippen LogP contribution in [-0.4, -0.2) is 51.0 Å². The van der Waals surface area contributed by atoms with E-state index in [2.05, 4.69) is 36.8 Å². The minimum atomic E-state index is -4.24. The van der Waals surface area contributed by atoms with E-state index >= 15 is 0 Å². The molecule has 1 aliphatic rings. The molecular weight excluding hydrogens is 592 g/mol. The van der Waals surface area contributed by atoms with Crippen molar-refractivity contribution in [2.45, 2.75) is 4.90 Å². The number of nitrogens with zero attached hydrogens (tertiary/aromatic N) is 3. The lowest BCUT2D eigenvalue weighted by molar-refractivity contribution is 0.381. The maximum Gasteiger partial charge on any atom is 0.247 e. The normalized spacial score (nSPS) is 15.2. The summed E-state index contributed by atoms with van der Waals surface area (Å²) in [7, 11) is -2.64. The Morgan fingerprint density at radius 2 is 1.81 bits per heavy atom. The van der Waals surface area contributed by atoms with Gasteiger partial charge in [-0.05, 0) is 50.1 Å². The number of sulfonamides is 1. The molecule has 2 heterocycles. The van der Waals surface area contributed by atoms with Crippen LogP contribution in [0.1, 0.15) is 0 Å². The summed E-state index contributed by atoms with van der Waals surface area (Å²) < 4.78 is 60.6. The molecule has 0 spiro atoms. The average molecular weight is 609 g/mol. The van der Waals surface area contributed by atoms with E-state index in [1.54, 1.807) is 7.11 Å². The Balaban J connectivity index is 1.53. The second kappa shape index (κ2) is 9.34. The van der Waals surface area contributed by atoms with Crippen molar-refractivity contribution < 1.29 is 21.9 Å². The average Bonchev–Trinajstić information content (AvgIpc) is 3.28. The molecule has 3 aromatic rings.